The van der Waals surface area contributed by atoms with Gasteiger partial charge in [-0.3, -0.25) is 19.4 Å². The molecule has 8 nitrogen and oxygen atoms in total. The van der Waals surface area contributed by atoms with Gasteiger partial charge >= 0.3 is 0 Å². The Bertz CT molecular complexity index is 1160. The van der Waals surface area contributed by atoms with E-state index in [2.05, 4.69) is 69.6 Å². The van der Waals surface area contributed by atoms with Crippen LogP contribution in [0, 0.1) is 0 Å². The maximum Gasteiger partial charge on any atom is 0.151 e. The van der Waals surface area contributed by atoms with Crippen LogP contribution in [0.5, 0.6) is 5.75 Å². The van der Waals surface area contributed by atoms with E-state index in [0.29, 0.717) is 12.6 Å². The molecule has 35 heavy (non-hydrogen) atoms. The molecule has 3 aromatic rings. The first-order valence-corrected chi connectivity index (χ1v) is 12.7. The molecule has 0 unspecified atom stereocenters. The molecular formula is C27H34N6O2. The topological polar surface area (TPSA) is 58.9 Å². The molecule has 6 rings (SSSR count). The predicted molar refractivity (Wildman–Crippen MR) is 136 cm³/mol. The lowest BCUT2D eigenvalue weighted by Crippen LogP contribution is -2.48. The smallest absolute Gasteiger partial charge is 0.151 e. The number of morpholine rings is 1. The van der Waals surface area contributed by atoms with E-state index in [4.69, 9.17) is 19.4 Å². The van der Waals surface area contributed by atoms with Crippen LogP contribution in [-0.4, -0.2) is 82.9 Å². The molecule has 5 heterocycles. The third-order valence-corrected chi connectivity index (χ3v) is 7.35. The second kappa shape index (κ2) is 9.60. The summed E-state index contributed by atoms with van der Waals surface area (Å²) in [6.07, 6.45) is 4.04. The predicted octanol–water partition coefficient (Wildman–Crippen LogP) is 3.19. The van der Waals surface area contributed by atoms with Crippen molar-refractivity contribution in [1.82, 2.24) is 24.3 Å². The summed E-state index contributed by atoms with van der Waals surface area (Å²) in [7, 11) is 0. The third-order valence-electron chi connectivity index (χ3n) is 7.35. The summed E-state index contributed by atoms with van der Waals surface area (Å²) in [5, 5.41) is 0. The fourth-order valence-electron chi connectivity index (χ4n) is 5.21. The van der Waals surface area contributed by atoms with E-state index in [0.717, 1.165) is 93.2 Å². The number of hydrogen-bond donors (Lipinski definition) is 0. The van der Waals surface area contributed by atoms with Crippen molar-refractivity contribution in [2.45, 2.75) is 33.0 Å². The lowest BCUT2D eigenvalue weighted by atomic mass is 10.1. The summed E-state index contributed by atoms with van der Waals surface area (Å²) in [4.78, 5) is 17.0. The number of benzene rings is 1. The van der Waals surface area contributed by atoms with Crippen LogP contribution in [0.2, 0.25) is 0 Å². The van der Waals surface area contributed by atoms with Gasteiger partial charge in [0.1, 0.15) is 18.0 Å². The minimum absolute atomic E-state index is 0.473. The molecule has 8 heteroatoms. The van der Waals surface area contributed by atoms with Gasteiger partial charge in [-0.15, -0.1) is 0 Å². The molecule has 184 valence electrons. The lowest BCUT2D eigenvalue weighted by molar-refractivity contribution is 0.0337. The first kappa shape index (κ1) is 22.5. The summed E-state index contributed by atoms with van der Waals surface area (Å²) in [6.45, 7) is 13.7. The Kier molecular flexibility index (Phi) is 6.18. The van der Waals surface area contributed by atoms with E-state index in [1.54, 1.807) is 0 Å². The van der Waals surface area contributed by atoms with Crippen molar-refractivity contribution in [1.29, 1.82) is 0 Å². The average Bonchev–Trinajstić information content (AvgIpc) is 3.32. The third kappa shape index (κ3) is 4.66. The summed E-state index contributed by atoms with van der Waals surface area (Å²) in [5.41, 5.74) is 5.33. The van der Waals surface area contributed by atoms with Crippen molar-refractivity contribution in [3.63, 3.8) is 0 Å². The van der Waals surface area contributed by atoms with E-state index < -0.39 is 0 Å². The van der Waals surface area contributed by atoms with Gasteiger partial charge in [0.2, 0.25) is 0 Å². The highest BCUT2D eigenvalue weighted by Crippen LogP contribution is 2.33. The Labute approximate surface area is 207 Å². The van der Waals surface area contributed by atoms with Gasteiger partial charge in [0.25, 0.3) is 0 Å². The number of fused-ring (bicyclic) bond motifs is 3. The summed E-state index contributed by atoms with van der Waals surface area (Å²) < 4.78 is 13.7. The minimum Gasteiger partial charge on any atom is -0.483 e. The van der Waals surface area contributed by atoms with Crippen LogP contribution < -0.4 is 9.64 Å². The first-order chi connectivity index (χ1) is 17.1. The van der Waals surface area contributed by atoms with E-state index in [-0.39, 0.29) is 0 Å². The number of pyridine rings is 1. The molecule has 1 aromatic carbocycles. The molecule has 0 radical (unpaired) electrons. The van der Waals surface area contributed by atoms with Crippen LogP contribution >= 0.6 is 0 Å². The molecule has 2 saturated heterocycles. The molecule has 3 aliphatic heterocycles. The molecule has 0 amide bonds. The van der Waals surface area contributed by atoms with Gasteiger partial charge in [0, 0.05) is 75.4 Å². The number of nitrogens with zero attached hydrogens (tertiary/aromatic N) is 6. The second-order valence-corrected chi connectivity index (χ2v) is 9.90. The van der Waals surface area contributed by atoms with Crippen molar-refractivity contribution >= 4 is 5.69 Å². The van der Waals surface area contributed by atoms with E-state index >= 15 is 0 Å². The van der Waals surface area contributed by atoms with Crippen molar-refractivity contribution in [2.24, 2.45) is 0 Å². The molecule has 0 N–H and O–H groups in total. The number of imidazole rings is 1. The molecule has 0 saturated carbocycles. The maximum atomic E-state index is 6.09. The van der Waals surface area contributed by atoms with Gasteiger partial charge in [-0.1, -0.05) is 12.1 Å². The van der Waals surface area contributed by atoms with Gasteiger partial charge in [-0.25, -0.2) is 4.98 Å². The number of piperazine rings is 1. The highest BCUT2D eigenvalue weighted by molar-refractivity contribution is 5.66. The minimum atomic E-state index is 0.473. The first-order valence-electron chi connectivity index (χ1n) is 12.7. The Morgan fingerprint density at radius 1 is 0.971 bits per heavy atom. The normalized spacial score (nSPS) is 18.9. The Balaban J connectivity index is 1.16. The Hall–Kier alpha value is -2.94. The van der Waals surface area contributed by atoms with E-state index in [1.165, 1.54) is 5.69 Å². The van der Waals surface area contributed by atoms with Crippen LogP contribution in [0.4, 0.5) is 5.69 Å². The summed E-state index contributed by atoms with van der Waals surface area (Å²) >= 11 is 0. The molecule has 0 bridgehead atoms. The molecule has 0 atom stereocenters. The molecule has 2 aromatic heterocycles. The Morgan fingerprint density at radius 3 is 2.49 bits per heavy atom. The quantitative estimate of drug-likeness (QED) is 0.563. The van der Waals surface area contributed by atoms with Crippen LogP contribution in [0.25, 0.3) is 16.9 Å². The van der Waals surface area contributed by atoms with E-state index in [1.807, 2.05) is 6.20 Å². The molecule has 2 fully saturated rings. The van der Waals surface area contributed by atoms with Gasteiger partial charge in [-0.05, 0) is 26.0 Å². The number of hydrogen-bond acceptors (Lipinski definition) is 7. The SMILES string of the molecule is CC(C)N1CCN(c2ccc(-c3cc4c(cn3)-n3cc(CN5CCOCC5)nc3CO4)cc2)CC1. The largest absolute Gasteiger partial charge is 0.483 e. The molecule has 3 aliphatic rings. The van der Waals surface area contributed by atoms with Crippen LogP contribution in [-0.2, 0) is 17.9 Å². The van der Waals surface area contributed by atoms with Gasteiger partial charge in [-0.2, -0.15) is 0 Å². The van der Waals surface area contributed by atoms with Crippen molar-refractivity contribution < 1.29 is 9.47 Å². The number of rotatable bonds is 5. The van der Waals surface area contributed by atoms with E-state index in [9.17, 15) is 0 Å². The zero-order chi connectivity index (χ0) is 23.8. The molecule has 0 spiro atoms. The van der Waals surface area contributed by atoms with Crippen LogP contribution in [0.3, 0.4) is 0 Å². The average molecular weight is 475 g/mol. The van der Waals surface area contributed by atoms with Crippen molar-refractivity contribution in [3.8, 4) is 22.7 Å². The highest BCUT2D eigenvalue weighted by atomic mass is 16.5. The van der Waals surface area contributed by atoms with Crippen molar-refractivity contribution in [3.05, 3.63) is 54.2 Å². The van der Waals surface area contributed by atoms with Crippen LogP contribution in [0.15, 0.2) is 42.7 Å². The fourth-order valence-corrected chi connectivity index (χ4v) is 5.21. The Morgan fingerprint density at radius 2 is 1.74 bits per heavy atom. The zero-order valence-corrected chi connectivity index (χ0v) is 20.7. The van der Waals surface area contributed by atoms with Crippen LogP contribution in [0.1, 0.15) is 25.4 Å². The number of anilines is 1. The fraction of sp³-hybridized carbons (Fsp3) is 0.481. The maximum absolute atomic E-state index is 6.09. The monoisotopic (exact) mass is 474 g/mol. The number of aromatic nitrogens is 3. The van der Waals surface area contributed by atoms with Crippen molar-refractivity contribution in [2.75, 3.05) is 57.4 Å². The zero-order valence-electron chi connectivity index (χ0n) is 20.7. The molecular weight excluding hydrogens is 440 g/mol. The standard InChI is InChI=1S/C27H34N6O2/c1-20(2)31-7-9-32(10-8-31)23-5-3-21(4-6-23)24-15-26-25(16-28-24)33-18-22(29-27(33)19-35-26)17-30-11-13-34-14-12-30/h3-6,15-16,18,20H,7-14,17,19H2,1-2H3. The number of ether oxygens (including phenoxy) is 2. The lowest BCUT2D eigenvalue weighted by Gasteiger charge is -2.38. The van der Waals surface area contributed by atoms with Gasteiger partial charge < -0.3 is 14.4 Å². The second-order valence-electron chi connectivity index (χ2n) is 9.90. The summed E-state index contributed by atoms with van der Waals surface area (Å²) in [5.74, 6) is 1.78. The molecule has 0 aliphatic carbocycles. The highest BCUT2D eigenvalue weighted by Gasteiger charge is 2.23. The van der Waals surface area contributed by atoms with Gasteiger partial charge in [0.05, 0.1) is 30.8 Å². The van der Waals surface area contributed by atoms with Gasteiger partial charge in [0.15, 0.2) is 5.82 Å². The summed E-state index contributed by atoms with van der Waals surface area (Å²) in [6, 6.07) is 11.4.